The number of amides is 1. The van der Waals surface area contributed by atoms with Crippen molar-refractivity contribution in [2.45, 2.75) is 19.8 Å². The topological polar surface area (TPSA) is 48.5 Å². The summed E-state index contributed by atoms with van der Waals surface area (Å²) in [5.74, 6) is -0.580. The number of likely N-dealkylation sites (N-methyl/N-ethyl adjacent to an activating group) is 1. The van der Waals surface area contributed by atoms with E-state index in [0.717, 1.165) is 57.0 Å². The second-order valence-corrected chi connectivity index (χ2v) is 7.12. The number of aromatic nitrogens is 1. The minimum atomic E-state index is -0.968. The standard InChI is InChI=1S/C21H26F2N4O/c1-2-26(15-21(28)25-17-6-7-18(22)19(23)13-17)14-16-8-11-27(12-9-16)20-5-3-4-10-24-20/h3-7,10,13,16H,2,8-9,11-12,14-15H2,1H3,(H,25,28). The second-order valence-electron chi connectivity index (χ2n) is 7.12. The summed E-state index contributed by atoms with van der Waals surface area (Å²) >= 11 is 0. The highest BCUT2D eigenvalue weighted by Gasteiger charge is 2.22. The van der Waals surface area contributed by atoms with E-state index in [1.807, 2.05) is 31.3 Å². The summed E-state index contributed by atoms with van der Waals surface area (Å²) in [6.07, 6.45) is 3.92. The molecule has 1 aromatic heterocycles. The lowest BCUT2D eigenvalue weighted by Gasteiger charge is -2.35. The highest BCUT2D eigenvalue weighted by Crippen LogP contribution is 2.22. The number of nitrogens with one attached hydrogen (secondary N) is 1. The van der Waals surface area contributed by atoms with Crippen LogP contribution in [0.3, 0.4) is 0 Å². The number of anilines is 2. The fourth-order valence-corrected chi connectivity index (χ4v) is 3.53. The van der Waals surface area contributed by atoms with Gasteiger partial charge in [-0.25, -0.2) is 13.8 Å². The molecule has 1 saturated heterocycles. The monoisotopic (exact) mass is 388 g/mol. The fraction of sp³-hybridized carbons (Fsp3) is 0.429. The predicted octanol–water partition coefficient (Wildman–Crippen LogP) is 3.54. The molecule has 0 radical (unpaired) electrons. The van der Waals surface area contributed by atoms with E-state index in [2.05, 4.69) is 20.1 Å². The molecule has 1 aliphatic rings. The fourth-order valence-electron chi connectivity index (χ4n) is 3.53. The van der Waals surface area contributed by atoms with Crippen LogP contribution < -0.4 is 10.2 Å². The van der Waals surface area contributed by atoms with Crippen LogP contribution in [-0.4, -0.2) is 48.5 Å². The molecule has 1 fully saturated rings. The second kappa shape index (κ2) is 9.59. The summed E-state index contributed by atoms with van der Waals surface area (Å²) in [5, 5.41) is 2.64. The van der Waals surface area contributed by atoms with Crippen molar-refractivity contribution < 1.29 is 13.6 Å². The number of nitrogens with zero attached hydrogens (tertiary/aromatic N) is 3. The van der Waals surface area contributed by atoms with Gasteiger partial charge < -0.3 is 10.2 Å². The SMILES string of the molecule is CCN(CC(=O)Nc1ccc(F)c(F)c1)CC1CCN(c2ccccn2)CC1. The van der Waals surface area contributed by atoms with E-state index in [1.165, 1.54) is 6.07 Å². The van der Waals surface area contributed by atoms with Gasteiger partial charge in [0.25, 0.3) is 0 Å². The third-order valence-corrected chi connectivity index (χ3v) is 5.12. The van der Waals surface area contributed by atoms with Gasteiger partial charge in [0.2, 0.25) is 5.91 Å². The normalized spacial score (nSPS) is 15.1. The minimum Gasteiger partial charge on any atom is -0.357 e. The average molecular weight is 388 g/mol. The largest absolute Gasteiger partial charge is 0.357 e. The van der Waals surface area contributed by atoms with Gasteiger partial charge in [-0.3, -0.25) is 9.69 Å². The Bertz CT molecular complexity index is 779. The minimum absolute atomic E-state index is 0.223. The Hall–Kier alpha value is -2.54. The van der Waals surface area contributed by atoms with Gasteiger partial charge in [-0.05, 0) is 49.6 Å². The Morgan fingerprint density at radius 2 is 2.00 bits per heavy atom. The van der Waals surface area contributed by atoms with Crippen LogP contribution in [0, 0.1) is 17.6 Å². The van der Waals surface area contributed by atoms with Crippen molar-refractivity contribution in [3.05, 3.63) is 54.2 Å². The smallest absolute Gasteiger partial charge is 0.238 e. The molecule has 5 nitrogen and oxygen atoms in total. The van der Waals surface area contributed by atoms with Crippen LogP contribution >= 0.6 is 0 Å². The lowest BCUT2D eigenvalue weighted by molar-refractivity contribution is -0.117. The first-order chi connectivity index (χ1) is 13.5. The first-order valence-corrected chi connectivity index (χ1v) is 9.68. The number of piperidine rings is 1. The zero-order chi connectivity index (χ0) is 19.9. The summed E-state index contributed by atoms with van der Waals surface area (Å²) in [6, 6.07) is 9.32. The maximum absolute atomic E-state index is 13.3. The molecule has 0 bridgehead atoms. The number of pyridine rings is 1. The zero-order valence-electron chi connectivity index (χ0n) is 16.1. The lowest BCUT2D eigenvalue weighted by atomic mass is 9.96. The van der Waals surface area contributed by atoms with Gasteiger partial charge in [0.15, 0.2) is 11.6 Å². The van der Waals surface area contributed by atoms with Crippen molar-refractivity contribution in [3.63, 3.8) is 0 Å². The van der Waals surface area contributed by atoms with Crippen LogP contribution in [0.5, 0.6) is 0 Å². The Kier molecular flexibility index (Phi) is 6.92. The third-order valence-electron chi connectivity index (χ3n) is 5.12. The third kappa shape index (κ3) is 5.48. The van der Waals surface area contributed by atoms with Gasteiger partial charge >= 0.3 is 0 Å². The number of benzene rings is 1. The molecule has 1 aliphatic heterocycles. The summed E-state index contributed by atoms with van der Waals surface area (Å²) < 4.78 is 26.3. The Labute approximate surface area is 164 Å². The Balaban J connectivity index is 1.46. The van der Waals surface area contributed by atoms with E-state index in [9.17, 15) is 13.6 Å². The molecule has 7 heteroatoms. The molecule has 1 N–H and O–H groups in total. The first-order valence-electron chi connectivity index (χ1n) is 9.68. The van der Waals surface area contributed by atoms with Crippen molar-refractivity contribution in [1.82, 2.24) is 9.88 Å². The lowest BCUT2D eigenvalue weighted by Crippen LogP contribution is -2.41. The van der Waals surface area contributed by atoms with Gasteiger partial charge in [0.1, 0.15) is 5.82 Å². The van der Waals surface area contributed by atoms with Crippen molar-refractivity contribution in [2.75, 3.05) is 42.9 Å². The quantitative estimate of drug-likeness (QED) is 0.788. The van der Waals surface area contributed by atoms with Crippen LogP contribution in [0.15, 0.2) is 42.6 Å². The molecule has 1 amide bonds. The van der Waals surface area contributed by atoms with Crippen molar-refractivity contribution >= 4 is 17.4 Å². The zero-order valence-corrected chi connectivity index (χ0v) is 16.1. The van der Waals surface area contributed by atoms with E-state index < -0.39 is 11.6 Å². The first kappa shape index (κ1) is 20.2. The maximum Gasteiger partial charge on any atom is 0.238 e. The van der Waals surface area contributed by atoms with Gasteiger partial charge in [-0.15, -0.1) is 0 Å². The van der Waals surface area contributed by atoms with E-state index in [1.54, 1.807) is 0 Å². The van der Waals surface area contributed by atoms with Crippen molar-refractivity contribution in [3.8, 4) is 0 Å². The summed E-state index contributed by atoms with van der Waals surface area (Å²) in [7, 11) is 0. The highest BCUT2D eigenvalue weighted by atomic mass is 19.2. The molecule has 2 heterocycles. The van der Waals surface area contributed by atoms with Gasteiger partial charge in [0, 0.05) is 37.6 Å². The van der Waals surface area contributed by atoms with Crippen LogP contribution in [0.2, 0.25) is 0 Å². The maximum atomic E-state index is 13.3. The van der Waals surface area contributed by atoms with E-state index in [0.29, 0.717) is 5.92 Å². The number of halogens is 2. The van der Waals surface area contributed by atoms with Crippen molar-refractivity contribution in [2.24, 2.45) is 5.92 Å². The van der Waals surface area contributed by atoms with E-state index in [-0.39, 0.29) is 18.1 Å². The highest BCUT2D eigenvalue weighted by molar-refractivity contribution is 5.92. The van der Waals surface area contributed by atoms with Crippen LogP contribution in [0.25, 0.3) is 0 Å². The number of carbonyl (C=O) groups is 1. The molecular formula is C21H26F2N4O. The number of carbonyl (C=O) groups excluding carboxylic acids is 1. The molecule has 1 aromatic carbocycles. The Morgan fingerprint density at radius 1 is 1.21 bits per heavy atom. The van der Waals surface area contributed by atoms with Gasteiger partial charge in [-0.2, -0.15) is 0 Å². The molecule has 0 saturated carbocycles. The number of rotatable bonds is 7. The molecule has 150 valence electrons. The van der Waals surface area contributed by atoms with Gasteiger partial charge in [-0.1, -0.05) is 13.0 Å². The Morgan fingerprint density at radius 3 is 2.64 bits per heavy atom. The molecule has 0 unspecified atom stereocenters. The molecule has 28 heavy (non-hydrogen) atoms. The average Bonchev–Trinajstić information content (AvgIpc) is 2.71. The van der Waals surface area contributed by atoms with Gasteiger partial charge in [0.05, 0.1) is 6.54 Å². The van der Waals surface area contributed by atoms with E-state index >= 15 is 0 Å². The molecule has 0 atom stereocenters. The van der Waals surface area contributed by atoms with Crippen LogP contribution in [0.1, 0.15) is 19.8 Å². The molecule has 0 aliphatic carbocycles. The van der Waals surface area contributed by atoms with Crippen molar-refractivity contribution in [1.29, 1.82) is 0 Å². The summed E-state index contributed by atoms with van der Waals surface area (Å²) in [6.45, 7) is 5.77. The summed E-state index contributed by atoms with van der Waals surface area (Å²) in [5.41, 5.74) is 0.267. The predicted molar refractivity (Wildman–Crippen MR) is 106 cm³/mol. The molecular weight excluding hydrogens is 362 g/mol. The summed E-state index contributed by atoms with van der Waals surface area (Å²) in [4.78, 5) is 21.1. The molecule has 3 rings (SSSR count). The van der Waals surface area contributed by atoms with Crippen LogP contribution in [0.4, 0.5) is 20.3 Å². The van der Waals surface area contributed by atoms with E-state index in [4.69, 9.17) is 0 Å². The number of hydrogen-bond donors (Lipinski definition) is 1. The van der Waals surface area contributed by atoms with Crippen LogP contribution in [-0.2, 0) is 4.79 Å². The number of hydrogen-bond acceptors (Lipinski definition) is 4. The molecule has 2 aromatic rings. The molecule has 0 spiro atoms.